The quantitative estimate of drug-likeness (QED) is 0.131. The van der Waals surface area contributed by atoms with Crippen LogP contribution in [0, 0.1) is 15.9 Å². The number of amides is 1. The van der Waals surface area contributed by atoms with Gasteiger partial charge in [0.15, 0.2) is 16.6 Å². The summed E-state index contributed by atoms with van der Waals surface area (Å²) >= 11 is 0.979. The molecule has 10 nitrogen and oxygen atoms in total. The molecule has 1 aromatic heterocycles. The minimum absolute atomic E-state index is 0.0745. The monoisotopic (exact) mass is 533 g/mol. The van der Waals surface area contributed by atoms with Crippen LogP contribution >= 0.6 is 11.3 Å². The number of ether oxygens (including phenoxy) is 2. The molecule has 4 aromatic rings. The van der Waals surface area contributed by atoms with Gasteiger partial charge in [-0.3, -0.25) is 24.6 Å². The van der Waals surface area contributed by atoms with Gasteiger partial charge in [-0.05, 0) is 42.0 Å². The second-order valence-electron chi connectivity index (χ2n) is 8.49. The highest BCUT2D eigenvalue weighted by atomic mass is 32.1. The van der Waals surface area contributed by atoms with Crippen molar-refractivity contribution >= 4 is 49.8 Å². The summed E-state index contributed by atoms with van der Waals surface area (Å²) in [4.78, 5) is 43.1. The topological polar surface area (TPSA) is 132 Å². The van der Waals surface area contributed by atoms with Crippen LogP contribution in [-0.4, -0.2) is 39.9 Å². The van der Waals surface area contributed by atoms with E-state index >= 15 is 0 Å². The first-order valence-corrected chi connectivity index (χ1v) is 12.1. The third-order valence-corrected chi connectivity index (χ3v) is 7.22. The number of aromatic nitrogens is 1. The molecule has 2 aliphatic heterocycles. The van der Waals surface area contributed by atoms with E-state index in [4.69, 9.17) is 9.47 Å². The van der Waals surface area contributed by atoms with Crippen LogP contribution in [0.1, 0.15) is 17.2 Å². The molecule has 1 fully saturated rings. The molecule has 0 aliphatic carbocycles. The highest BCUT2D eigenvalue weighted by Crippen LogP contribution is 2.45. The highest BCUT2D eigenvalue weighted by molar-refractivity contribution is 7.22. The molecule has 1 unspecified atom stereocenters. The van der Waals surface area contributed by atoms with Crippen molar-refractivity contribution in [2.75, 3.05) is 18.1 Å². The number of non-ortho nitro benzene ring substituents is 1. The summed E-state index contributed by atoms with van der Waals surface area (Å²) in [6.45, 7) is 0.662. The zero-order valence-electron chi connectivity index (χ0n) is 19.3. The van der Waals surface area contributed by atoms with Gasteiger partial charge in [0, 0.05) is 17.7 Å². The molecule has 1 atom stereocenters. The molecule has 38 heavy (non-hydrogen) atoms. The number of aliphatic hydroxyl groups is 1. The molecule has 6 rings (SSSR count). The normalized spacial score (nSPS) is 18.2. The number of carbonyl (C=O) groups is 2. The minimum Gasteiger partial charge on any atom is -0.507 e. The number of Topliss-reactive ketones (excluding diaryl/α,β-unsaturated/α-hetero) is 1. The molecule has 1 N–H and O–H groups in total. The van der Waals surface area contributed by atoms with Crippen LogP contribution in [0.25, 0.3) is 16.0 Å². The van der Waals surface area contributed by atoms with Gasteiger partial charge in [0.05, 0.1) is 26.8 Å². The van der Waals surface area contributed by atoms with Crippen LogP contribution in [0.4, 0.5) is 15.2 Å². The lowest BCUT2D eigenvalue weighted by atomic mass is 9.95. The van der Waals surface area contributed by atoms with E-state index in [-0.39, 0.29) is 27.5 Å². The minimum atomic E-state index is -1.24. The number of thiazole rings is 1. The summed E-state index contributed by atoms with van der Waals surface area (Å²) in [5.41, 5.74) is 0.256. The van der Waals surface area contributed by atoms with Crippen LogP contribution in [0.5, 0.6) is 11.5 Å². The Labute approximate surface area is 217 Å². The molecule has 3 heterocycles. The number of hydrogen-bond acceptors (Lipinski definition) is 9. The van der Waals surface area contributed by atoms with E-state index in [2.05, 4.69) is 4.98 Å². The van der Waals surface area contributed by atoms with E-state index in [1.807, 2.05) is 0 Å². The summed E-state index contributed by atoms with van der Waals surface area (Å²) in [5, 5.41) is 22.9. The first-order chi connectivity index (χ1) is 18.3. The maximum absolute atomic E-state index is 13.8. The average Bonchev–Trinajstić information content (AvgIpc) is 3.45. The summed E-state index contributed by atoms with van der Waals surface area (Å²) in [7, 11) is 0. The number of rotatable bonds is 4. The number of fused-ring (bicyclic) bond motifs is 2. The van der Waals surface area contributed by atoms with Crippen molar-refractivity contribution in [3.63, 3.8) is 0 Å². The molecule has 190 valence electrons. The smallest absolute Gasteiger partial charge is 0.301 e. The van der Waals surface area contributed by atoms with Crippen molar-refractivity contribution in [1.29, 1.82) is 0 Å². The summed E-state index contributed by atoms with van der Waals surface area (Å²) < 4.78 is 25.3. The summed E-state index contributed by atoms with van der Waals surface area (Å²) in [5.74, 6) is -2.16. The number of ketones is 1. The number of hydrogen-bond donors (Lipinski definition) is 1. The summed E-state index contributed by atoms with van der Waals surface area (Å²) in [6, 6.07) is 12.7. The largest absolute Gasteiger partial charge is 0.507 e. The number of aliphatic hydroxyl groups excluding tert-OH is 1. The number of halogens is 1. The number of nitro benzene ring substituents is 1. The first-order valence-electron chi connectivity index (χ1n) is 11.3. The zero-order chi connectivity index (χ0) is 26.6. The van der Waals surface area contributed by atoms with Gasteiger partial charge < -0.3 is 14.6 Å². The fraction of sp³-hybridized carbons (Fsp3) is 0.115. The van der Waals surface area contributed by atoms with E-state index in [1.165, 1.54) is 54.6 Å². The van der Waals surface area contributed by atoms with E-state index < -0.39 is 34.2 Å². The Hall–Kier alpha value is -4.84. The van der Waals surface area contributed by atoms with Gasteiger partial charge >= 0.3 is 5.91 Å². The SMILES string of the molecule is O=C1C(=O)N(c2nc3ccc(F)cc3s2)C(c2cccc([N+](=O)[O-])c2)C1=C(O)c1ccc2c(c1)OCCO2. The fourth-order valence-electron chi connectivity index (χ4n) is 4.49. The Morgan fingerprint density at radius 3 is 2.66 bits per heavy atom. The van der Waals surface area contributed by atoms with Crippen LogP contribution < -0.4 is 14.4 Å². The van der Waals surface area contributed by atoms with Gasteiger partial charge in [-0.1, -0.05) is 23.5 Å². The van der Waals surface area contributed by atoms with Gasteiger partial charge in [-0.15, -0.1) is 0 Å². The third kappa shape index (κ3) is 3.82. The molecule has 1 saturated heterocycles. The Bertz CT molecular complexity index is 1700. The van der Waals surface area contributed by atoms with Crippen molar-refractivity contribution in [3.8, 4) is 11.5 Å². The lowest BCUT2D eigenvalue weighted by molar-refractivity contribution is -0.384. The molecule has 12 heteroatoms. The van der Waals surface area contributed by atoms with Crippen molar-refractivity contribution < 1.29 is 33.5 Å². The van der Waals surface area contributed by atoms with Gasteiger partial charge in [0.25, 0.3) is 11.5 Å². The Kier molecular flexibility index (Phi) is 5.53. The van der Waals surface area contributed by atoms with Crippen LogP contribution in [0.2, 0.25) is 0 Å². The zero-order valence-corrected chi connectivity index (χ0v) is 20.1. The number of nitrogens with zero attached hydrogens (tertiary/aromatic N) is 3. The van der Waals surface area contributed by atoms with E-state index in [0.29, 0.717) is 34.9 Å². The second kappa shape index (κ2) is 8.92. The van der Waals surface area contributed by atoms with Crippen molar-refractivity contribution in [1.82, 2.24) is 4.98 Å². The number of nitro groups is 1. The predicted octanol–water partition coefficient (Wildman–Crippen LogP) is 4.74. The molecule has 0 radical (unpaired) electrons. The van der Waals surface area contributed by atoms with E-state index in [0.717, 1.165) is 16.2 Å². The highest BCUT2D eigenvalue weighted by Gasteiger charge is 2.48. The Morgan fingerprint density at radius 2 is 1.87 bits per heavy atom. The van der Waals surface area contributed by atoms with Crippen molar-refractivity contribution in [3.05, 3.63) is 93.3 Å². The van der Waals surface area contributed by atoms with E-state index in [1.54, 1.807) is 6.07 Å². The van der Waals surface area contributed by atoms with Crippen LogP contribution in [-0.2, 0) is 9.59 Å². The Balaban J connectivity index is 1.56. The van der Waals surface area contributed by atoms with Gasteiger partial charge in [-0.25, -0.2) is 9.37 Å². The molecule has 1 amide bonds. The third-order valence-electron chi connectivity index (χ3n) is 6.20. The first kappa shape index (κ1) is 23.6. The molecule has 3 aromatic carbocycles. The summed E-state index contributed by atoms with van der Waals surface area (Å²) in [6.07, 6.45) is 0. The standard InChI is InChI=1S/C26H16FN3O7S/c27-15-5-6-17-20(12-15)38-26(28-17)29-22(13-2-1-3-16(10-13)30(34)35)21(24(32)25(29)33)23(31)14-4-7-18-19(11-14)37-9-8-36-18/h1-7,10-12,22,31H,8-9H2. The second-order valence-corrected chi connectivity index (χ2v) is 9.50. The predicted molar refractivity (Wildman–Crippen MR) is 135 cm³/mol. The Morgan fingerprint density at radius 1 is 1.08 bits per heavy atom. The lowest BCUT2D eigenvalue weighted by Gasteiger charge is -2.23. The molecular weight excluding hydrogens is 517 g/mol. The average molecular weight is 533 g/mol. The molecular formula is C26H16FN3O7S. The molecule has 0 saturated carbocycles. The van der Waals surface area contributed by atoms with Crippen molar-refractivity contribution in [2.45, 2.75) is 6.04 Å². The van der Waals surface area contributed by atoms with Gasteiger partial charge in [-0.2, -0.15) is 0 Å². The van der Waals surface area contributed by atoms with Crippen LogP contribution in [0.3, 0.4) is 0 Å². The van der Waals surface area contributed by atoms with Crippen molar-refractivity contribution in [2.24, 2.45) is 0 Å². The molecule has 0 bridgehead atoms. The van der Waals surface area contributed by atoms with Gasteiger partial charge in [0.1, 0.15) is 24.8 Å². The number of anilines is 1. The van der Waals surface area contributed by atoms with Crippen LogP contribution in [0.15, 0.2) is 66.2 Å². The fourth-order valence-corrected chi connectivity index (χ4v) is 5.51. The number of benzene rings is 3. The number of carbonyl (C=O) groups excluding carboxylic acids is 2. The van der Waals surface area contributed by atoms with E-state index in [9.17, 15) is 29.2 Å². The molecule has 2 aliphatic rings. The maximum atomic E-state index is 13.8. The molecule has 0 spiro atoms. The maximum Gasteiger partial charge on any atom is 0.301 e. The van der Waals surface area contributed by atoms with Gasteiger partial charge in [0.2, 0.25) is 0 Å². The lowest BCUT2D eigenvalue weighted by Crippen LogP contribution is -2.29.